The number of rotatable bonds is 5. The summed E-state index contributed by atoms with van der Waals surface area (Å²) in [7, 11) is 0. The zero-order valence-electron chi connectivity index (χ0n) is 17.0. The Morgan fingerprint density at radius 1 is 0.968 bits per heavy atom. The summed E-state index contributed by atoms with van der Waals surface area (Å²) in [6.45, 7) is 0. The Balaban J connectivity index is 1.41. The molecule has 1 atom stereocenters. The molecule has 0 saturated heterocycles. The molecule has 2 aliphatic heterocycles. The molecule has 1 aliphatic carbocycles. The quantitative estimate of drug-likeness (QED) is 0.520. The summed E-state index contributed by atoms with van der Waals surface area (Å²) >= 11 is 0. The van der Waals surface area contributed by atoms with Crippen molar-refractivity contribution in [2.45, 2.75) is 25.3 Å². The molecular weight excluding hydrogens is 386 g/mol. The third kappa shape index (κ3) is 3.04. The second kappa shape index (κ2) is 7.18. The lowest BCUT2D eigenvalue weighted by Gasteiger charge is -2.46. The van der Waals surface area contributed by atoms with Crippen LogP contribution in [0.3, 0.4) is 0 Å². The minimum atomic E-state index is 0.435. The molecule has 152 valence electrons. The molecule has 0 spiro atoms. The topological polar surface area (TPSA) is 50.1 Å². The summed E-state index contributed by atoms with van der Waals surface area (Å²) in [4.78, 5) is 13.6. The van der Waals surface area contributed by atoms with Crippen molar-refractivity contribution >= 4 is 29.1 Å². The van der Waals surface area contributed by atoms with E-state index >= 15 is 0 Å². The molecule has 1 saturated carbocycles. The first-order valence-corrected chi connectivity index (χ1v) is 10.6. The fourth-order valence-electron chi connectivity index (χ4n) is 4.33. The van der Waals surface area contributed by atoms with E-state index in [2.05, 4.69) is 45.5 Å². The zero-order chi connectivity index (χ0) is 20.7. The minimum Gasteiger partial charge on any atom is -0.439 e. The van der Waals surface area contributed by atoms with Crippen LogP contribution in [0.1, 0.15) is 19.3 Å². The maximum absolute atomic E-state index is 5.96. The van der Waals surface area contributed by atoms with Gasteiger partial charge in [0.1, 0.15) is 5.75 Å². The fraction of sp³-hybridized carbons (Fsp3) is 0.160. The van der Waals surface area contributed by atoms with Crippen LogP contribution < -0.4 is 9.75 Å². The van der Waals surface area contributed by atoms with E-state index in [1.807, 2.05) is 61.4 Å². The maximum Gasteiger partial charge on any atom is 0.225 e. The van der Waals surface area contributed by atoms with Gasteiger partial charge >= 0.3 is 0 Å². The van der Waals surface area contributed by atoms with Gasteiger partial charge in [0, 0.05) is 11.5 Å². The number of quaternary nitrogens is 1. The Morgan fingerprint density at radius 2 is 1.84 bits per heavy atom. The second-order valence-corrected chi connectivity index (χ2v) is 8.00. The Bertz CT molecular complexity index is 1260. The van der Waals surface area contributed by atoms with Gasteiger partial charge in [-0.05, 0) is 49.6 Å². The van der Waals surface area contributed by atoms with E-state index in [1.165, 1.54) is 6.42 Å². The van der Waals surface area contributed by atoms with Gasteiger partial charge in [-0.1, -0.05) is 24.3 Å². The molecule has 3 aliphatic rings. The van der Waals surface area contributed by atoms with E-state index in [0.29, 0.717) is 16.5 Å². The van der Waals surface area contributed by atoms with Gasteiger partial charge in [-0.3, -0.25) is 4.99 Å². The summed E-state index contributed by atoms with van der Waals surface area (Å²) in [6.07, 6.45) is 13.3. The number of fused-ring (bicyclic) bond motifs is 2. The van der Waals surface area contributed by atoms with E-state index in [0.717, 1.165) is 40.9 Å². The van der Waals surface area contributed by atoms with Crippen LogP contribution in [-0.4, -0.2) is 28.2 Å². The van der Waals surface area contributed by atoms with E-state index in [1.54, 1.807) is 0 Å². The molecule has 1 fully saturated rings. The van der Waals surface area contributed by atoms with Crippen molar-refractivity contribution in [3.8, 4) is 11.6 Å². The van der Waals surface area contributed by atoms with Crippen molar-refractivity contribution in [1.29, 1.82) is 0 Å². The molecule has 2 aromatic carbocycles. The third-order valence-corrected chi connectivity index (χ3v) is 6.11. The number of aromatic nitrogens is 1. The highest BCUT2D eigenvalue weighted by Gasteiger charge is 2.46. The number of pyridine rings is 1. The first-order valence-electron chi connectivity index (χ1n) is 10.6. The van der Waals surface area contributed by atoms with Crippen molar-refractivity contribution in [2.24, 2.45) is 9.98 Å². The first kappa shape index (κ1) is 18.0. The van der Waals surface area contributed by atoms with E-state index in [-0.39, 0.29) is 0 Å². The molecule has 6 nitrogen and oxygen atoms in total. The number of hydrogen-bond acceptors (Lipinski definition) is 5. The van der Waals surface area contributed by atoms with Gasteiger partial charge in [-0.2, -0.15) is 0 Å². The van der Waals surface area contributed by atoms with Gasteiger partial charge in [-0.25, -0.2) is 15.0 Å². The number of benzene rings is 2. The molecule has 0 bridgehead atoms. The molecule has 6 rings (SSSR count). The summed E-state index contributed by atoms with van der Waals surface area (Å²) < 4.78 is 6.41. The van der Waals surface area contributed by atoms with Gasteiger partial charge < -0.3 is 4.74 Å². The Morgan fingerprint density at radius 3 is 2.68 bits per heavy atom. The predicted molar refractivity (Wildman–Crippen MR) is 123 cm³/mol. The molecular formula is C25H22N5O+. The number of allylic oxidation sites excluding steroid dienone is 1. The van der Waals surface area contributed by atoms with Gasteiger partial charge in [0.05, 0.1) is 35.9 Å². The molecule has 31 heavy (non-hydrogen) atoms. The van der Waals surface area contributed by atoms with Gasteiger partial charge in [0.25, 0.3) is 0 Å². The highest BCUT2D eigenvalue weighted by molar-refractivity contribution is 5.85. The summed E-state index contributed by atoms with van der Waals surface area (Å²) in [6, 6.07) is 20.6. The van der Waals surface area contributed by atoms with Crippen LogP contribution in [0.25, 0.3) is 10.9 Å². The average molecular weight is 408 g/mol. The van der Waals surface area contributed by atoms with Crippen molar-refractivity contribution in [2.75, 3.05) is 5.01 Å². The predicted octanol–water partition coefficient (Wildman–Crippen LogP) is 5.56. The van der Waals surface area contributed by atoms with Crippen molar-refractivity contribution < 1.29 is 9.33 Å². The van der Waals surface area contributed by atoms with Crippen molar-refractivity contribution in [3.63, 3.8) is 0 Å². The summed E-state index contributed by atoms with van der Waals surface area (Å²) in [5.74, 6) is 1.37. The molecule has 3 aromatic rings. The molecule has 0 amide bonds. The summed E-state index contributed by atoms with van der Waals surface area (Å²) in [5.41, 5.74) is 3.06. The number of anilines is 1. The lowest BCUT2D eigenvalue weighted by atomic mass is 9.91. The van der Waals surface area contributed by atoms with Crippen LogP contribution in [-0.2, 0) is 0 Å². The SMILES string of the molecule is C1=C[N+]2(N(c3ccc4ccc(Oc5ccccc5)nc4c3)C3CCC3)C=NC=C2C=N1. The lowest BCUT2D eigenvalue weighted by molar-refractivity contribution is -0.746. The smallest absolute Gasteiger partial charge is 0.225 e. The van der Waals surface area contributed by atoms with Gasteiger partial charge in [0.2, 0.25) is 17.9 Å². The highest BCUT2D eigenvalue weighted by Crippen LogP contribution is 2.40. The van der Waals surface area contributed by atoms with Gasteiger partial charge in [0.15, 0.2) is 6.20 Å². The number of ether oxygens (including phenoxy) is 1. The van der Waals surface area contributed by atoms with Crippen molar-refractivity contribution in [1.82, 2.24) is 4.98 Å². The summed E-state index contributed by atoms with van der Waals surface area (Å²) in [5, 5.41) is 3.51. The van der Waals surface area contributed by atoms with E-state index in [4.69, 9.17) is 9.72 Å². The monoisotopic (exact) mass is 408 g/mol. The third-order valence-electron chi connectivity index (χ3n) is 6.11. The number of aliphatic imine (C=N–C) groups is 2. The Kier molecular flexibility index (Phi) is 4.18. The van der Waals surface area contributed by atoms with Crippen LogP contribution in [0, 0.1) is 0 Å². The molecule has 0 N–H and O–H groups in total. The molecule has 1 unspecified atom stereocenters. The number of nitrogens with zero attached hydrogens (tertiary/aromatic N) is 5. The molecule has 6 heteroatoms. The van der Waals surface area contributed by atoms with Crippen LogP contribution in [0.4, 0.5) is 5.69 Å². The van der Waals surface area contributed by atoms with Crippen LogP contribution in [0.2, 0.25) is 0 Å². The highest BCUT2D eigenvalue weighted by atomic mass is 16.5. The largest absolute Gasteiger partial charge is 0.439 e. The average Bonchev–Trinajstić information content (AvgIpc) is 3.21. The van der Waals surface area contributed by atoms with Crippen LogP contribution in [0.15, 0.2) is 94.9 Å². The lowest BCUT2D eigenvalue weighted by Crippen LogP contribution is -2.61. The second-order valence-electron chi connectivity index (χ2n) is 8.00. The maximum atomic E-state index is 5.96. The number of para-hydroxylation sites is 1. The van der Waals surface area contributed by atoms with Crippen LogP contribution >= 0.6 is 0 Å². The van der Waals surface area contributed by atoms with E-state index in [9.17, 15) is 0 Å². The van der Waals surface area contributed by atoms with Crippen LogP contribution in [0.5, 0.6) is 11.6 Å². The zero-order valence-corrected chi connectivity index (χ0v) is 17.0. The van der Waals surface area contributed by atoms with E-state index < -0.39 is 0 Å². The first-order chi connectivity index (χ1) is 15.3. The molecule has 1 aromatic heterocycles. The normalized spacial score (nSPS) is 21.6. The Labute approximate surface area is 180 Å². The standard InChI is InChI=1S/C25H22N5O/c1-2-7-23(8-3-1)31-25-12-10-19-9-11-21(15-24(19)28-25)29(20-5-4-6-20)30-14-13-26-16-22(30)17-27-18-30/h1-3,7-18,20H,4-6H2/q+1. The number of hydrogen-bond donors (Lipinski definition) is 0. The van der Waals surface area contributed by atoms with Gasteiger partial charge in [-0.15, -0.1) is 4.59 Å². The molecule has 3 heterocycles. The molecule has 0 radical (unpaired) electrons. The fourth-order valence-corrected chi connectivity index (χ4v) is 4.33. The minimum absolute atomic E-state index is 0.435. The Hall–Kier alpha value is -3.77. The van der Waals surface area contributed by atoms with Crippen molar-refractivity contribution in [3.05, 3.63) is 85.0 Å².